The lowest BCUT2D eigenvalue weighted by atomic mass is 10.2. The van der Waals surface area contributed by atoms with Gasteiger partial charge in [-0.2, -0.15) is 13.2 Å². The van der Waals surface area contributed by atoms with E-state index in [0.29, 0.717) is 4.90 Å². The summed E-state index contributed by atoms with van der Waals surface area (Å²) in [4.78, 5) is 32.2. The fourth-order valence-electron chi connectivity index (χ4n) is 2.04. The van der Waals surface area contributed by atoms with Gasteiger partial charge < -0.3 is 10.2 Å². The molecule has 0 unspecified atom stereocenters. The molecule has 2 aromatic heterocycles. The lowest BCUT2D eigenvalue weighted by molar-refractivity contribution is -0.140. The van der Waals surface area contributed by atoms with E-state index in [1.165, 1.54) is 43.0 Å². The Kier molecular flexibility index (Phi) is 6.04. The molecule has 0 fully saturated rings. The van der Waals surface area contributed by atoms with E-state index in [9.17, 15) is 22.8 Å². The highest BCUT2D eigenvalue weighted by Crippen LogP contribution is 2.17. The Morgan fingerprint density at radius 3 is 2.16 bits per heavy atom. The first kappa shape index (κ1) is 18.4. The first-order valence-electron chi connectivity index (χ1n) is 7.31. The maximum absolute atomic E-state index is 12.7. The number of nitrogens with zero attached hydrogens (tertiary/aromatic N) is 3. The van der Waals surface area contributed by atoms with Crippen LogP contribution < -0.4 is 5.32 Å². The monoisotopic (exact) mass is 352 g/mol. The molecule has 0 aliphatic heterocycles. The molecule has 0 bridgehead atoms. The van der Waals surface area contributed by atoms with Gasteiger partial charge in [-0.25, -0.2) is 0 Å². The van der Waals surface area contributed by atoms with Crippen LogP contribution in [0.4, 0.5) is 13.2 Å². The number of alkyl halides is 3. The summed E-state index contributed by atoms with van der Waals surface area (Å²) in [6.45, 7) is -1.83. The average Bonchev–Trinajstić information content (AvgIpc) is 2.60. The summed E-state index contributed by atoms with van der Waals surface area (Å²) in [5.41, 5.74) is 0.328. The van der Waals surface area contributed by atoms with Gasteiger partial charge in [-0.05, 0) is 24.3 Å². The second-order valence-corrected chi connectivity index (χ2v) is 5.08. The maximum atomic E-state index is 12.7. The van der Waals surface area contributed by atoms with Crippen molar-refractivity contribution >= 4 is 11.8 Å². The second-order valence-electron chi connectivity index (χ2n) is 5.08. The van der Waals surface area contributed by atoms with E-state index in [2.05, 4.69) is 15.3 Å². The van der Waals surface area contributed by atoms with Gasteiger partial charge in [0, 0.05) is 37.9 Å². The van der Waals surface area contributed by atoms with Gasteiger partial charge in [0.15, 0.2) is 0 Å². The zero-order valence-corrected chi connectivity index (χ0v) is 13.0. The summed E-state index contributed by atoms with van der Waals surface area (Å²) >= 11 is 0. The fraction of sp³-hybridized carbons (Fsp3) is 0.250. The van der Waals surface area contributed by atoms with E-state index in [1.807, 2.05) is 0 Å². The van der Waals surface area contributed by atoms with E-state index in [4.69, 9.17) is 0 Å². The van der Waals surface area contributed by atoms with Gasteiger partial charge in [-0.15, -0.1) is 0 Å². The summed E-state index contributed by atoms with van der Waals surface area (Å²) in [5.74, 6) is -1.28. The van der Waals surface area contributed by atoms with E-state index in [1.54, 1.807) is 6.07 Å². The Morgan fingerprint density at radius 2 is 1.64 bits per heavy atom. The van der Waals surface area contributed by atoms with E-state index >= 15 is 0 Å². The van der Waals surface area contributed by atoms with Crippen molar-refractivity contribution in [1.29, 1.82) is 0 Å². The SMILES string of the molecule is O=C(NCCN(CC(F)(F)F)C(=O)c1cccnc1)c1cccnc1. The van der Waals surface area contributed by atoms with Crippen molar-refractivity contribution < 1.29 is 22.8 Å². The molecule has 2 heterocycles. The molecule has 2 rings (SSSR count). The van der Waals surface area contributed by atoms with Crippen molar-refractivity contribution in [2.75, 3.05) is 19.6 Å². The normalized spacial score (nSPS) is 11.0. The van der Waals surface area contributed by atoms with Crippen molar-refractivity contribution in [3.05, 3.63) is 60.2 Å². The van der Waals surface area contributed by atoms with Gasteiger partial charge in [0.25, 0.3) is 11.8 Å². The van der Waals surface area contributed by atoms with Crippen LogP contribution in [0, 0.1) is 0 Å². The molecule has 25 heavy (non-hydrogen) atoms. The first-order valence-corrected chi connectivity index (χ1v) is 7.31. The Hall–Kier alpha value is -2.97. The van der Waals surface area contributed by atoms with Crippen LogP contribution in [-0.4, -0.2) is 52.5 Å². The van der Waals surface area contributed by atoms with Gasteiger partial charge in [0.1, 0.15) is 6.54 Å². The first-order chi connectivity index (χ1) is 11.9. The van der Waals surface area contributed by atoms with E-state index in [-0.39, 0.29) is 24.2 Å². The number of hydrogen-bond acceptors (Lipinski definition) is 4. The zero-order valence-electron chi connectivity index (χ0n) is 13.0. The molecule has 0 radical (unpaired) electrons. The third-order valence-corrected chi connectivity index (χ3v) is 3.16. The minimum absolute atomic E-state index is 0.0466. The van der Waals surface area contributed by atoms with Crippen molar-refractivity contribution in [2.24, 2.45) is 0 Å². The summed E-state index contributed by atoms with van der Waals surface area (Å²) in [5, 5.41) is 2.47. The van der Waals surface area contributed by atoms with Crippen molar-refractivity contribution in [2.45, 2.75) is 6.18 Å². The van der Waals surface area contributed by atoms with Crippen LogP contribution >= 0.6 is 0 Å². The number of carbonyl (C=O) groups is 2. The molecule has 6 nitrogen and oxygen atoms in total. The molecular weight excluding hydrogens is 337 g/mol. The lowest BCUT2D eigenvalue weighted by Gasteiger charge is -2.24. The smallest absolute Gasteiger partial charge is 0.350 e. The van der Waals surface area contributed by atoms with Gasteiger partial charge >= 0.3 is 6.18 Å². The van der Waals surface area contributed by atoms with Gasteiger partial charge in [0.05, 0.1) is 11.1 Å². The highest BCUT2D eigenvalue weighted by atomic mass is 19.4. The minimum atomic E-state index is -4.55. The van der Waals surface area contributed by atoms with Crippen LogP contribution in [0.5, 0.6) is 0 Å². The number of rotatable bonds is 6. The Bertz CT molecular complexity index is 708. The Balaban J connectivity index is 1.99. The van der Waals surface area contributed by atoms with Crippen molar-refractivity contribution in [3.63, 3.8) is 0 Å². The largest absolute Gasteiger partial charge is 0.406 e. The van der Waals surface area contributed by atoms with Crippen LogP contribution in [0.2, 0.25) is 0 Å². The molecular formula is C16H15F3N4O2. The molecule has 0 aromatic carbocycles. The molecule has 132 valence electrons. The third kappa shape index (κ3) is 5.87. The molecule has 2 amide bonds. The van der Waals surface area contributed by atoms with E-state index in [0.717, 1.165) is 0 Å². The summed E-state index contributed by atoms with van der Waals surface area (Å²) < 4.78 is 38.2. The van der Waals surface area contributed by atoms with Crippen LogP contribution in [0.25, 0.3) is 0 Å². The number of nitrogens with one attached hydrogen (secondary N) is 1. The average molecular weight is 352 g/mol. The highest BCUT2D eigenvalue weighted by molar-refractivity contribution is 5.94. The standard InChI is InChI=1S/C16H15F3N4O2/c17-16(18,19)11-23(15(25)13-4-2-6-21-10-13)8-7-22-14(24)12-3-1-5-20-9-12/h1-6,9-10H,7-8,11H2,(H,22,24). The molecule has 9 heteroatoms. The van der Waals surface area contributed by atoms with E-state index < -0.39 is 24.5 Å². The number of halogens is 3. The predicted molar refractivity (Wildman–Crippen MR) is 82.8 cm³/mol. The molecule has 0 aliphatic rings. The second kappa shape index (κ2) is 8.22. The Morgan fingerprint density at radius 1 is 1.04 bits per heavy atom. The van der Waals surface area contributed by atoms with Crippen LogP contribution in [-0.2, 0) is 0 Å². The fourth-order valence-corrected chi connectivity index (χ4v) is 2.04. The summed E-state index contributed by atoms with van der Waals surface area (Å²) in [6.07, 6.45) is 0.891. The molecule has 0 aliphatic carbocycles. The maximum Gasteiger partial charge on any atom is 0.406 e. The molecule has 1 N–H and O–H groups in total. The molecule has 0 spiro atoms. The topological polar surface area (TPSA) is 75.2 Å². The van der Waals surface area contributed by atoms with Crippen molar-refractivity contribution in [1.82, 2.24) is 20.2 Å². The quantitative estimate of drug-likeness (QED) is 0.862. The molecule has 0 saturated carbocycles. The number of carbonyl (C=O) groups excluding carboxylic acids is 2. The summed E-state index contributed by atoms with van der Waals surface area (Å²) in [7, 11) is 0. The van der Waals surface area contributed by atoms with Crippen LogP contribution in [0.3, 0.4) is 0 Å². The number of amides is 2. The lowest BCUT2D eigenvalue weighted by Crippen LogP contribution is -2.43. The van der Waals surface area contributed by atoms with Gasteiger partial charge in [-0.3, -0.25) is 19.6 Å². The van der Waals surface area contributed by atoms with Gasteiger partial charge in [-0.1, -0.05) is 0 Å². The Labute approximate surface area is 141 Å². The molecule has 0 saturated heterocycles. The third-order valence-electron chi connectivity index (χ3n) is 3.16. The molecule has 0 atom stereocenters. The number of pyridine rings is 2. The highest BCUT2D eigenvalue weighted by Gasteiger charge is 2.33. The number of hydrogen-bond donors (Lipinski definition) is 1. The van der Waals surface area contributed by atoms with Gasteiger partial charge in [0.2, 0.25) is 0 Å². The van der Waals surface area contributed by atoms with Crippen LogP contribution in [0.1, 0.15) is 20.7 Å². The van der Waals surface area contributed by atoms with Crippen molar-refractivity contribution in [3.8, 4) is 0 Å². The molecule has 2 aromatic rings. The van der Waals surface area contributed by atoms with Crippen LogP contribution in [0.15, 0.2) is 49.1 Å². The zero-order chi connectivity index (χ0) is 18.3. The summed E-state index contributed by atoms with van der Waals surface area (Å²) in [6, 6.07) is 5.93. The predicted octanol–water partition coefficient (Wildman–Crippen LogP) is 1.91. The minimum Gasteiger partial charge on any atom is -0.350 e. The number of aromatic nitrogens is 2.